The monoisotopic (exact) mass is 392 g/mol. The van der Waals surface area contributed by atoms with Crippen LogP contribution in [0.25, 0.3) is 0 Å². The van der Waals surface area contributed by atoms with Crippen molar-refractivity contribution in [1.82, 2.24) is 0 Å². The molecule has 0 aliphatic rings. The Labute approximate surface area is 158 Å². The molecule has 1 N–H and O–H groups in total. The van der Waals surface area contributed by atoms with E-state index in [4.69, 9.17) is 39.9 Å². The number of carbonyl (C=O) groups excluding carboxylic acids is 1. The lowest BCUT2D eigenvalue weighted by Gasteiger charge is -2.13. The molecule has 24 heavy (non-hydrogen) atoms. The summed E-state index contributed by atoms with van der Waals surface area (Å²) in [6, 6.07) is 7.35. The van der Waals surface area contributed by atoms with E-state index in [2.05, 4.69) is 0 Å². The second kappa shape index (κ2) is 11.0. The second-order valence-corrected chi connectivity index (χ2v) is 7.89. The van der Waals surface area contributed by atoms with Crippen molar-refractivity contribution in [3.63, 3.8) is 0 Å². The van der Waals surface area contributed by atoms with Gasteiger partial charge in [-0.15, -0.1) is 0 Å². The van der Waals surface area contributed by atoms with Crippen LogP contribution in [-0.2, 0) is 16.0 Å². The van der Waals surface area contributed by atoms with Gasteiger partial charge < -0.3 is 5.11 Å². The van der Waals surface area contributed by atoms with Crippen LogP contribution in [0.15, 0.2) is 24.3 Å². The van der Waals surface area contributed by atoms with Gasteiger partial charge in [-0.05, 0) is 37.0 Å². The number of alkyl halides is 2. The van der Waals surface area contributed by atoms with Crippen molar-refractivity contribution in [1.29, 1.82) is 0 Å². The van der Waals surface area contributed by atoms with Crippen molar-refractivity contribution in [3.05, 3.63) is 34.9 Å². The zero-order chi connectivity index (χ0) is 18.0. The van der Waals surface area contributed by atoms with Gasteiger partial charge in [-0.1, -0.05) is 72.6 Å². The number of carboxylic acids is 1. The van der Waals surface area contributed by atoms with E-state index < -0.39 is 10.3 Å². The minimum Gasteiger partial charge on any atom is -0.479 e. The van der Waals surface area contributed by atoms with E-state index in [1.807, 2.05) is 12.1 Å². The number of aliphatic carboxylic acids is 1. The van der Waals surface area contributed by atoms with Crippen LogP contribution in [0.4, 0.5) is 0 Å². The van der Waals surface area contributed by atoms with Gasteiger partial charge in [0.2, 0.25) is 4.33 Å². The van der Waals surface area contributed by atoms with Gasteiger partial charge in [-0.25, -0.2) is 4.79 Å². The van der Waals surface area contributed by atoms with Crippen LogP contribution in [0.1, 0.15) is 56.9 Å². The molecule has 0 spiro atoms. The molecule has 0 bridgehead atoms. The highest BCUT2D eigenvalue weighted by molar-refractivity contribution is 6.57. The average Bonchev–Trinajstić information content (AvgIpc) is 2.52. The normalized spacial score (nSPS) is 11.5. The molecule has 1 aromatic carbocycles. The van der Waals surface area contributed by atoms with Gasteiger partial charge >= 0.3 is 5.97 Å². The molecule has 0 aliphatic heterocycles. The van der Waals surface area contributed by atoms with E-state index >= 15 is 0 Å². The predicted octanol–water partition coefficient (Wildman–Crippen LogP) is 5.83. The molecule has 6 heteroatoms. The predicted molar refractivity (Wildman–Crippen MR) is 99.2 cm³/mol. The Bertz CT molecular complexity index is 527. The van der Waals surface area contributed by atoms with E-state index in [0.717, 1.165) is 37.7 Å². The van der Waals surface area contributed by atoms with Crippen molar-refractivity contribution < 1.29 is 14.7 Å². The largest absolute Gasteiger partial charge is 0.479 e. The number of Topliss-reactive ketones (excluding diaryl/α,β-unsaturated/α-hetero) is 1. The molecule has 0 saturated carbocycles. The van der Waals surface area contributed by atoms with Gasteiger partial charge in [0.1, 0.15) is 5.78 Å². The summed E-state index contributed by atoms with van der Waals surface area (Å²) in [6.45, 7) is 0. The summed E-state index contributed by atoms with van der Waals surface area (Å²) >= 11 is 17.1. The minimum atomic E-state index is -1.67. The Kier molecular flexibility index (Phi) is 9.72. The number of ketones is 1. The fourth-order valence-corrected chi connectivity index (χ4v) is 2.79. The minimum absolute atomic E-state index is 0.243. The molecule has 3 nitrogen and oxygen atoms in total. The molecule has 0 saturated heterocycles. The van der Waals surface area contributed by atoms with Crippen molar-refractivity contribution >= 4 is 46.6 Å². The summed E-state index contributed by atoms with van der Waals surface area (Å²) in [5.74, 6) is -0.946. The molecule has 0 amide bonds. The highest BCUT2D eigenvalue weighted by Crippen LogP contribution is 2.28. The summed E-state index contributed by atoms with van der Waals surface area (Å²) in [4.78, 5) is 22.6. The van der Waals surface area contributed by atoms with Crippen LogP contribution in [-0.4, -0.2) is 21.2 Å². The summed E-state index contributed by atoms with van der Waals surface area (Å²) in [5, 5.41) is 9.46. The van der Waals surface area contributed by atoms with Crippen molar-refractivity contribution in [2.75, 3.05) is 0 Å². The second-order valence-electron chi connectivity index (χ2n) is 5.97. The van der Waals surface area contributed by atoms with Gasteiger partial charge in [0, 0.05) is 17.9 Å². The summed E-state index contributed by atoms with van der Waals surface area (Å²) in [5.41, 5.74) is 0.994. The average molecular weight is 394 g/mol. The Morgan fingerprint density at radius 3 is 2.04 bits per heavy atom. The standard InChI is InChI=1S/C18H23Cl3O3/c19-15-10-8-14(9-11-15)13-16(22)7-5-3-1-2-4-6-12-18(20,21)17(23)24/h8-11H,1-7,12-13H2,(H,23,24). The van der Waals surface area contributed by atoms with Gasteiger partial charge in [0.25, 0.3) is 0 Å². The van der Waals surface area contributed by atoms with Crippen LogP contribution in [0.3, 0.4) is 0 Å². The fraction of sp³-hybridized carbons (Fsp3) is 0.556. The maximum atomic E-state index is 11.9. The van der Waals surface area contributed by atoms with Crippen LogP contribution in [0.2, 0.25) is 5.02 Å². The number of rotatable bonds is 12. The molecule has 0 heterocycles. The molecule has 0 fully saturated rings. The van der Waals surface area contributed by atoms with Crippen molar-refractivity contribution in [2.45, 2.75) is 62.1 Å². The Hall–Kier alpha value is -0.770. The molecular formula is C18H23Cl3O3. The topological polar surface area (TPSA) is 54.4 Å². The number of unbranched alkanes of at least 4 members (excludes halogenated alkanes) is 5. The first-order valence-electron chi connectivity index (χ1n) is 8.18. The van der Waals surface area contributed by atoms with Gasteiger partial charge in [0.05, 0.1) is 0 Å². The van der Waals surface area contributed by atoms with E-state index in [0.29, 0.717) is 24.3 Å². The third-order valence-corrected chi connectivity index (χ3v) is 4.78. The van der Waals surface area contributed by atoms with Crippen LogP contribution < -0.4 is 0 Å². The van der Waals surface area contributed by atoms with Crippen molar-refractivity contribution in [3.8, 4) is 0 Å². The summed E-state index contributed by atoms with van der Waals surface area (Å²) < 4.78 is -1.67. The number of benzene rings is 1. The first kappa shape index (κ1) is 21.3. The quantitative estimate of drug-likeness (QED) is 0.359. The molecule has 0 unspecified atom stereocenters. The third-order valence-electron chi connectivity index (χ3n) is 3.82. The van der Waals surface area contributed by atoms with Crippen LogP contribution in [0.5, 0.6) is 0 Å². The molecule has 0 aromatic heterocycles. The number of hydrogen-bond acceptors (Lipinski definition) is 2. The molecule has 0 radical (unpaired) electrons. The van der Waals surface area contributed by atoms with E-state index in [1.54, 1.807) is 12.1 Å². The molecule has 0 atom stereocenters. The van der Waals surface area contributed by atoms with Crippen molar-refractivity contribution in [2.24, 2.45) is 0 Å². The molecule has 1 rings (SSSR count). The SMILES string of the molecule is O=C(CCCCCCCCC(Cl)(Cl)C(=O)O)Cc1ccc(Cl)cc1. The Morgan fingerprint density at radius 2 is 1.46 bits per heavy atom. The lowest BCUT2D eigenvalue weighted by atomic mass is 10.0. The number of halogens is 3. The molecule has 0 aliphatic carbocycles. The molecule has 134 valence electrons. The highest BCUT2D eigenvalue weighted by Gasteiger charge is 2.32. The summed E-state index contributed by atoms with van der Waals surface area (Å²) in [7, 11) is 0. The molecular weight excluding hydrogens is 371 g/mol. The lowest BCUT2D eigenvalue weighted by molar-refractivity contribution is -0.138. The Balaban J connectivity index is 2.03. The smallest absolute Gasteiger partial charge is 0.340 e. The molecule has 1 aromatic rings. The lowest BCUT2D eigenvalue weighted by Crippen LogP contribution is -2.25. The zero-order valence-electron chi connectivity index (χ0n) is 13.6. The highest BCUT2D eigenvalue weighted by atomic mass is 35.5. The summed E-state index contributed by atoms with van der Waals surface area (Å²) in [6.07, 6.45) is 6.80. The maximum Gasteiger partial charge on any atom is 0.340 e. The Morgan fingerprint density at radius 1 is 0.917 bits per heavy atom. The zero-order valence-corrected chi connectivity index (χ0v) is 15.8. The maximum absolute atomic E-state index is 11.9. The fourth-order valence-electron chi connectivity index (χ4n) is 2.40. The number of hydrogen-bond donors (Lipinski definition) is 1. The van der Waals surface area contributed by atoms with Gasteiger partial charge in [0.15, 0.2) is 0 Å². The van der Waals surface area contributed by atoms with E-state index in [1.165, 1.54) is 0 Å². The van der Waals surface area contributed by atoms with Crippen LogP contribution in [0, 0.1) is 0 Å². The number of carboxylic acid groups (broad SMARTS) is 1. The van der Waals surface area contributed by atoms with E-state index in [9.17, 15) is 9.59 Å². The van der Waals surface area contributed by atoms with Gasteiger partial charge in [-0.2, -0.15) is 0 Å². The van der Waals surface area contributed by atoms with Crippen LogP contribution >= 0.6 is 34.8 Å². The van der Waals surface area contributed by atoms with Gasteiger partial charge in [-0.3, -0.25) is 4.79 Å². The van der Waals surface area contributed by atoms with E-state index in [-0.39, 0.29) is 12.2 Å². The number of carbonyl (C=O) groups is 2. The first-order chi connectivity index (χ1) is 11.3. The third kappa shape index (κ3) is 8.91. The first-order valence-corrected chi connectivity index (χ1v) is 9.32.